The van der Waals surface area contributed by atoms with Gasteiger partial charge in [0.05, 0.1) is 6.10 Å². The van der Waals surface area contributed by atoms with E-state index in [0.29, 0.717) is 12.5 Å². The molecule has 1 saturated heterocycles. The Morgan fingerprint density at radius 1 is 1.08 bits per heavy atom. The predicted molar refractivity (Wildman–Crippen MR) is 106 cm³/mol. The molecule has 2 heterocycles. The molecule has 3 nitrogen and oxygen atoms in total. The fourth-order valence-electron chi connectivity index (χ4n) is 3.98. The second kappa shape index (κ2) is 7.32. The van der Waals surface area contributed by atoms with Crippen molar-refractivity contribution in [3.63, 3.8) is 0 Å². The van der Waals surface area contributed by atoms with E-state index in [-0.39, 0.29) is 0 Å². The molecule has 2 N–H and O–H groups in total. The topological polar surface area (TPSA) is 39.3 Å². The summed E-state index contributed by atoms with van der Waals surface area (Å²) in [6.45, 7) is 2.77. The molecule has 1 unspecified atom stereocenters. The predicted octanol–water partition coefficient (Wildman–Crippen LogP) is 4.84. The number of aromatic amines is 1. The van der Waals surface area contributed by atoms with Crippen molar-refractivity contribution in [1.82, 2.24) is 9.88 Å². The quantitative estimate of drug-likeness (QED) is 0.659. The van der Waals surface area contributed by atoms with Crippen LogP contribution in [-0.2, 0) is 0 Å². The van der Waals surface area contributed by atoms with Gasteiger partial charge in [-0.15, -0.1) is 0 Å². The molecule has 130 valence electrons. The number of fused-ring (bicyclic) bond motifs is 1. The Kier molecular flexibility index (Phi) is 4.93. The molecule has 0 bridgehead atoms. The van der Waals surface area contributed by atoms with E-state index in [1.807, 2.05) is 30.5 Å². The van der Waals surface area contributed by atoms with Crippen LogP contribution in [0.2, 0.25) is 0 Å². The van der Waals surface area contributed by atoms with E-state index in [9.17, 15) is 5.11 Å². The Morgan fingerprint density at radius 3 is 2.68 bits per heavy atom. The fourth-order valence-corrected chi connectivity index (χ4v) is 4.53. The Balaban J connectivity index is 1.40. The Labute approximate surface area is 156 Å². The van der Waals surface area contributed by atoms with Crippen molar-refractivity contribution in [1.29, 1.82) is 0 Å². The van der Waals surface area contributed by atoms with E-state index >= 15 is 0 Å². The molecule has 3 aromatic rings. The molecule has 25 heavy (non-hydrogen) atoms. The van der Waals surface area contributed by atoms with Crippen LogP contribution in [0, 0.1) is 0 Å². The number of H-pyrrole nitrogens is 1. The first kappa shape index (κ1) is 16.8. The van der Waals surface area contributed by atoms with Crippen LogP contribution in [0.15, 0.2) is 59.2 Å². The summed E-state index contributed by atoms with van der Waals surface area (Å²) in [6, 6.07) is 16.7. The highest BCUT2D eigenvalue weighted by Crippen LogP contribution is 2.33. The average molecular weight is 399 g/mol. The standard InChI is InChI=1S/C21H23BrN2O/c22-19-6-2-1-4-18(19)21(25)14-24-12-9-15(10-13-24)16-5-3-7-20-17(16)8-11-23-20/h1-8,11,15,21,23,25H,9-10,12-14H2. The number of nitrogens with zero attached hydrogens (tertiary/aromatic N) is 1. The zero-order valence-corrected chi connectivity index (χ0v) is 15.7. The number of likely N-dealkylation sites (tertiary alicyclic amines) is 1. The van der Waals surface area contributed by atoms with Crippen LogP contribution in [0.4, 0.5) is 0 Å². The molecule has 1 atom stereocenters. The van der Waals surface area contributed by atoms with E-state index in [1.165, 1.54) is 16.5 Å². The van der Waals surface area contributed by atoms with Gasteiger partial charge >= 0.3 is 0 Å². The van der Waals surface area contributed by atoms with Gasteiger partial charge in [-0.05, 0) is 61.2 Å². The summed E-state index contributed by atoms with van der Waals surface area (Å²) < 4.78 is 0.983. The van der Waals surface area contributed by atoms with Crippen molar-refractivity contribution >= 4 is 26.8 Å². The molecule has 0 radical (unpaired) electrons. The number of hydrogen-bond donors (Lipinski definition) is 2. The summed E-state index contributed by atoms with van der Waals surface area (Å²) in [6.07, 6.45) is 3.87. The molecule has 4 rings (SSSR count). The number of aliphatic hydroxyl groups is 1. The van der Waals surface area contributed by atoms with Crippen molar-refractivity contribution in [3.8, 4) is 0 Å². The number of piperidine rings is 1. The van der Waals surface area contributed by atoms with Crippen molar-refractivity contribution in [2.45, 2.75) is 24.9 Å². The number of hydrogen-bond acceptors (Lipinski definition) is 2. The Morgan fingerprint density at radius 2 is 1.88 bits per heavy atom. The van der Waals surface area contributed by atoms with Crippen LogP contribution in [-0.4, -0.2) is 34.6 Å². The lowest BCUT2D eigenvalue weighted by Gasteiger charge is -2.33. The van der Waals surface area contributed by atoms with Crippen LogP contribution in [0.3, 0.4) is 0 Å². The van der Waals surface area contributed by atoms with Gasteiger partial charge in [0, 0.05) is 28.1 Å². The summed E-state index contributed by atoms with van der Waals surface area (Å²) in [7, 11) is 0. The van der Waals surface area contributed by atoms with Crippen molar-refractivity contribution < 1.29 is 5.11 Å². The lowest BCUT2D eigenvalue weighted by atomic mass is 9.87. The summed E-state index contributed by atoms with van der Waals surface area (Å²) in [4.78, 5) is 5.70. The van der Waals surface area contributed by atoms with Crippen molar-refractivity contribution in [3.05, 3.63) is 70.3 Å². The third kappa shape index (κ3) is 3.52. The third-order valence-corrected chi connectivity index (χ3v) is 6.07. The van der Waals surface area contributed by atoms with Gasteiger partial charge in [0.15, 0.2) is 0 Å². The van der Waals surface area contributed by atoms with Crippen LogP contribution in [0.5, 0.6) is 0 Å². The van der Waals surface area contributed by atoms with E-state index in [2.05, 4.69) is 50.1 Å². The Bertz CT molecular complexity index is 852. The number of nitrogens with one attached hydrogen (secondary N) is 1. The van der Waals surface area contributed by atoms with Gasteiger partial charge in [0.2, 0.25) is 0 Å². The Hall–Kier alpha value is -1.62. The molecule has 0 aliphatic carbocycles. The average Bonchev–Trinajstić information content (AvgIpc) is 3.11. The number of aliphatic hydroxyl groups excluding tert-OH is 1. The molecule has 4 heteroatoms. The molecule has 0 spiro atoms. The van der Waals surface area contributed by atoms with Crippen molar-refractivity contribution in [2.75, 3.05) is 19.6 Å². The molecule has 1 fully saturated rings. The van der Waals surface area contributed by atoms with E-state index < -0.39 is 6.10 Å². The highest BCUT2D eigenvalue weighted by atomic mass is 79.9. The monoisotopic (exact) mass is 398 g/mol. The molecule has 1 aromatic heterocycles. The fraction of sp³-hybridized carbons (Fsp3) is 0.333. The molecular formula is C21H23BrN2O. The minimum atomic E-state index is -0.444. The number of halogens is 1. The van der Waals surface area contributed by atoms with Crippen LogP contribution in [0.25, 0.3) is 10.9 Å². The van der Waals surface area contributed by atoms with E-state index in [0.717, 1.165) is 36.0 Å². The van der Waals surface area contributed by atoms with Gasteiger partial charge in [-0.3, -0.25) is 0 Å². The summed E-state index contributed by atoms with van der Waals surface area (Å²) in [5, 5.41) is 11.9. The van der Waals surface area contributed by atoms with Gasteiger partial charge in [0.1, 0.15) is 0 Å². The molecule has 0 amide bonds. The zero-order chi connectivity index (χ0) is 17.2. The normalized spacial score (nSPS) is 17.8. The first-order chi connectivity index (χ1) is 12.2. The number of aromatic nitrogens is 1. The maximum atomic E-state index is 10.6. The maximum Gasteiger partial charge on any atom is 0.0927 e. The lowest BCUT2D eigenvalue weighted by molar-refractivity contribution is 0.0969. The first-order valence-corrected chi connectivity index (χ1v) is 9.72. The highest BCUT2D eigenvalue weighted by Gasteiger charge is 2.24. The van der Waals surface area contributed by atoms with Crippen LogP contribution < -0.4 is 0 Å². The van der Waals surface area contributed by atoms with Gasteiger partial charge in [-0.2, -0.15) is 0 Å². The smallest absolute Gasteiger partial charge is 0.0927 e. The van der Waals surface area contributed by atoms with Gasteiger partial charge in [-0.1, -0.05) is 46.3 Å². The lowest BCUT2D eigenvalue weighted by Crippen LogP contribution is -2.36. The largest absolute Gasteiger partial charge is 0.387 e. The summed E-state index contributed by atoms with van der Waals surface area (Å²) in [5.74, 6) is 0.608. The summed E-state index contributed by atoms with van der Waals surface area (Å²) >= 11 is 3.54. The van der Waals surface area contributed by atoms with E-state index in [1.54, 1.807) is 0 Å². The van der Waals surface area contributed by atoms with Crippen LogP contribution in [0.1, 0.15) is 36.0 Å². The summed E-state index contributed by atoms with van der Waals surface area (Å²) in [5.41, 5.74) is 3.66. The first-order valence-electron chi connectivity index (χ1n) is 8.93. The minimum absolute atomic E-state index is 0.444. The second-order valence-corrected chi connectivity index (χ2v) is 7.75. The maximum absolute atomic E-state index is 10.6. The molecule has 1 aliphatic rings. The van der Waals surface area contributed by atoms with Gasteiger partial charge in [0.25, 0.3) is 0 Å². The van der Waals surface area contributed by atoms with Crippen LogP contribution >= 0.6 is 15.9 Å². The number of β-amino-alcohol motifs (C(OH)–C–C–N with tert-alkyl or cyclic N) is 1. The van der Waals surface area contributed by atoms with Gasteiger partial charge in [-0.25, -0.2) is 0 Å². The highest BCUT2D eigenvalue weighted by molar-refractivity contribution is 9.10. The third-order valence-electron chi connectivity index (χ3n) is 5.35. The molecule has 2 aromatic carbocycles. The van der Waals surface area contributed by atoms with E-state index in [4.69, 9.17) is 0 Å². The molecule has 1 aliphatic heterocycles. The second-order valence-electron chi connectivity index (χ2n) is 6.90. The molecular weight excluding hydrogens is 376 g/mol. The van der Waals surface area contributed by atoms with Crippen molar-refractivity contribution in [2.24, 2.45) is 0 Å². The SMILES string of the molecule is OC(CN1CCC(c2cccc3[nH]ccc23)CC1)c1ccccc1Br. The number of benzene rings is 2. The minimum Gasteiger partial charge on any atom is -0.387 e. The molecule has 0 saturated carbocycles. The number of rotatable bonds is 4. The van der Waals surface area contributed by atoms with Gasteiger partial charge < -0.3 is 15.0 Å². The zero-order valence-electron chi connectivity index (χ0n) is 14.2.